The van der Waals surface area contributed by atoms with Crippen LogP contribution in [-0.2, 0) is 11.3 Å². The Hall–Kier alpha value is -3.96. The number of benzene rings is 2. The fraction of sp³-hybridized carbons (Fsp3) is 0.182. The maximum absolute atomic E-state index is 9.14. The zero-order chi connectivity index (χ0) is 20.8. The Labute approximate surface area is 173 Å². The molecule has 0 radical (unpaired) electrons. The Morgan fingerprint density at radius 3 is 2.77 bits per heavy atom. The normalized spacial score (nSPS) is 10.7. The van der Waals surface area contributed by atoms with Crippen LogP contribution in [0.25, 0.3) is 16.7 Å². The largest absolute Gasteiger partial charge is 0.491 e. The van der Waals surface area contributed by atoms with Gasteiger partial charge in [-0.15, -0.1) is 0 Å². The van der Waals surface area contributed by atoms with Gasteiger partial charge < -0.3 is 14.8 Å². The van der Waals surface area contributed by atoms with Gasteiger partial charge in [0.25, 0.3) is 0 Å². The number of fused-ring (bicyclic) bond motifs is 1. The molecule has 0 saturated carbocycles. The molecule has 0 unspecified atom stereocenters. The van der Waals surface area contributed by atoms with Gasteiger partial charge in [0.05, 0.1) is 35.5 Å². The summed E-state index contributed by atoms with van der Waals surface area (Å²) in [5.41, 5.74) is 3.11. The number of rotatable bonds is 8. The Kier molecular flexibility index (Phi) is 5.83. The molecule has 150 valence electrons. The summed E-state index contributed by atoms with van der Waals surface area (Å²) in [6.07, 6.45) is 3.23. The van der Waals surface area contributed by atoms with Crippen molar-refractivity contribution in [3.63, 3.8) is 0 Å². The van der Waals surface area contributed by atoms with Crippen molar-refractivity contribution in [1.29, 1.82) is 5.26 Å². The highest BCUT2D eigenvalue weighted by Gasteiger charge is 2.11. The summed E-state index contributed by atoms with van der Waals surface area (Å²) in [7, 11) is 1.65. The van der Waals surface area contributed by atoms with E-state index < -0.39 is 0 Å². The molecule has 0 aliphatic rings. The van der Waals surface area contributed by atoms with Crippen LogP contribution in [0.15, 0.2) is 61.1 Å². The fourth-order valence-corrected chi connectivity index (χ4v) is 3.01. The summed E-state index contributed by atoms with van der Waals surface area (Å²) in [5, 5.41) is 17.7. The second-order valence-corrected chi connectivity index (χ2v) is 6.52. The Bertz CT molecular complexity index is 1180. The van der Waals surface area contributed by atoms with Crippen LogP contribution in [0, 0.1) is 11.3 Å². The first kappa shape index (κ1) is 19.4. The molecule has 2 aromatic carbocycles. The third kappa shape index (κ3) is 4.21. The van der Waals surface area contributed by atoms with E-state index in [1.165, 1.54) is 6.33 Å². The van der Waals surface area contributed by atoms with Gasteiger partial charge >= 0.3 is 0 Å². The molecular weight excluding hydrogens is 380 g/mol. The van der Waals surface area contributed by atoms with E-state index in [-0.39, 0.29) is 0 Å². The molecule has 4 aromatic rings. The first-order chi connectivity index (χ1) is 14.8. The number of hydrogen-bond donors (Lipinski definition) is 1. The molecular formula is C22H20N6O2. The van der Waals surface area contributed by atoms with E-state index in [4.69, 9.17) is 14.7 Å². The van der Waals surface area contributed by atoms with Crippen LogP contribution in [-0.4, -0.2) is 40.1 Å². The third-order valence-corrected chi connectivity index (χ3v) is 4.53. The summed E-state index contributed by atoms with van der Waals surface area (Å²) in [4.78, 5) is 8.74. The maximum atomic E-state index is 9.14. The molecule has 0 aliphatic carbocycles. The van der Waals surface area contributed by atoms with Crippen LogP contribution in [0.2, 0.25) is 0 Å². The summed E-state index contributed by atoms with van der Waals surface area (Å²) in [6, 6.07) is 17.3. The molecule has 4 rings (SSSR count). The predicted octanol–water partition coefficient (Wildman–Crippen LogP) is 3.32. The van der Waals surface area contributed by atoms with Gasteiger partial charge in [-0.1, -0.05) is 18.2 Å². The molecule has 30 heavy (non-hydrogen) atoms. The molecule has 8 nitrogen and oxygen atoms in total. The van der Waals surface area contributed by atoms with Crippen molar-refractivity contribution in [2.24, 2.45) is 0 Å². The number of nitrogens with zero attached hydrogens (tertiary/aromatic N) is 5. The highest BCUT2D eigenvalue weighted by Crippen LogP contribution is 2.23. The Balaban J connectivity index is 1.50. The molecule has 0 amide bonds. The molecule has 2 heterocycles. The second-order valence-electron chi connectivity index (χ2n) is 6.52. The lowest BCUT2D eigenvalue weighted by molar-refractivity contribution is 0.146. The lowest BCUT2D eigenvalue weighted by atomic mass is 10.2. The van der Waals surface area contributed by atoms with Crippen molar-refractivity contribution in [3.05, 3.63) is 72.2 Å². The average Bonchev–Trinajstić information content (AvgIpc) is 3.23. The van der Waals surface area contributed by atoms with Crippen molar-refractivity contribution in [2.75, 3.05) is 25.6 Å². The van der Waals surface area contributed by atoms with Gasteiger partial charge in [0.2, 0.25) is 0 Å². The van der Waals surface area contributed by atoms with Crippen molar-refractivity contribution in [3.8, 4) is 17.5 Å². The first-order valence-electron chi connectivity index (χ1n) is 9.42. The van der Waals surface area contributed by atoms with Crippen molar-refractivity contribution in [1.82, 2.24) is 19.7 Å². The number of nitriles is 1. The molecule has 0 spiro atoms. The standard InChI is InChI=1S/C22H20N6O2/c1-29-9-10-30-19-7-5-16(6-8-19)13-24-21-20-14-27-28(22(20)26-15-25-21)18-4-2-3-17(11-18)12-23/h2-8,11,14-15H,9-10,13H2,1H3,(H,24,25,26). The molecule has 8 heteroatoms. The molecule has 0 bridgehead atoms. The van der Waals surface area contributed by atoms with E-state index in [9.17, 15) is 0 Å². The third-order valence-electron chi connectivity index (χ3n) is 4.53. The summed E-state index contributed by atoms with van der Waals surface area (Å²) >= 11 is 0. The van der Waals surface area contributed by atoms with Gasteiger partial charge in [-0.25, -0.2) is 14.6 Å². The smallest absolute Gasteiger partial charge is 0.168 e. The van der Waals surface area contributed by atoms with E-state index in [1.54, 1.807) is 30.1 Å². The summed E-state index contributed by atoms with van der Waals surface area (Å²) in [6.45, 7) is 1.68. The van der Waals surface area contributed by atoms with Gasteiger partial charge in [0, 0.05) is 13.7 Å². The van der Waals surface area contributed by atoms with E-state index in [2.05, 4.69) is 26.5 Å². The van der Waals surface area contributed by atoms with E-state index in [0.717, 1.165) is 22.4 Å². The molecule has 0 fully saturated rings. The number of methoxy groups -OCH3 is 1. The van der Waals surface area contributed by atoms with Crippen LogP contribution in [0.4, 0.5) is 5.82 Å². The zero-order valence-corrected chi connectivity index (χ0v) is 16.4. The topological polar surface area (TPSA) is 97.9 Å². The van der Waals surface area contributed by atoms with Gasteiger partial charge in [-0.05, 0) is 35.9 Å². The van der Waals surface area contributed by atoms with Crippen molar-refractivity contribution >= 4 is 16.9 Å². The van der Waals surface area contributed by atoms with E-state index >= 15 is 0 Å². The molecule has 1 N–H and O–H groups in total. The molecule has 2 aromatic heterocycles. The quantitative estimate of drug-likeness (QED) is 0.453. The molecule has 0 aliphatic heterocycles. The van der Waals surface area contributed by atoms with Crippen LogP contribution in [0.1, 0.15) is 11.1 Å². The maximum Gasteiger partial charge on any atom is 0.168 e. The number of aromatic nitrogens is 4. The second kappa shape index (κ2) is 9.03. The summed E-state index contributed by atoms with van der Waals surface area (Å²) in [5.74, 6) is 1.50. The van der Waals surface area contributed by atoms with Gasteiger partial charge in [0.1, 0.15) is 24.5 Å². The van der Waals surface area contributed by atoms with Crippen LogP contribution >= 0.6 is 0 Å². The lowest BCUT2D eigenvalue weighted by Crippen LogP contribution is -2.05. The Morgan fingerprint density at radius 1 is 1.10 bits per heavy atom. The number of ether oxygens (including phenoxy) is 2. The minimum atomic E-state index is 0.522. The van der Waals surface area contributed by atoms with Crippen LogP contribution in [0.3, 0.4) is 0 Å². The first-order valence-corrected chi connectivity index (χ1v) is 9.42. The highest BCUT2D eigenvalue weighted by molar-refractivity contribution is 5.87. The van der Waals surface area contributed by atoms with Gasteiger partial charge in [-0.2, -0.15) is 10.4 Å². The number of anilines is 1. The van der Waals surface area contributed by atoms with E-state index in [1.807, 2.05) is 36.4 Å². The minimum Gasteiger partial charge on any atom is -0.491 e. The summed E-state index contributed by atoms with van der Waals surface area (Å²) < 4.78 is 12.3. The van der Waals surface area contributed by atoms with Crippen LogP contribution < -0.4 is 10.1 Å². The minimum absolute atomic E-state index is 0.522. The van der Waals surface area contributed by atoms with E-state index in [0.29, 0.717) is 36.8 Å². The van der Waals surface area contributed by atoms with Crippen molar-refractivity contribution < 1.29 is 9.47 Å². The van der Waals surface area contributed by atoms with Gasteiger partial charge in [-0.3, -0.25) is 0 Å². The zero-order valence-electron chi connectivity index (χ0n) is 16.4. The lowest BCUT2D eigenvalue weighted by Gasteiger charge is -2.09. The number of hydrogen-bond acceptors (Lipinski definition) is 7. The Morgan fingerprint density at radius 2 is 1.97 bits per heavy atom. The SMILES string of the molecule is COCCOc1ccc(CNc2ncnc3c2cnn3-c2cccc(C#N)c2)cc1. The average molecular weight is 400 g/mol. The number of nitrogens with one attached hydrogen (secondary N) is 1. The van der Waals surface area contributed by atoms with Crippen molar-refractivity contribution in [2.45, 2.75) is 6.54 Å². The molecule has 0 atom stereocenters. The predicted molar refractivity (Wildman–Crippen MR) is 113 cm³/mol. The molecule has 0 saturated heterocycles. The van der Waals surface area contributed by atoms with Crippen LogP contribution in [0.5, 0.6) is 5.75 Å². The highest BCUT2D eigenvalue weighted by atomic mass is 16.5. The van der Waals surface area contributed by atoms with Gasteiger partial charge in [0.15, 0.2) is 5.65 Å². The fourth-order valence-electron chi connectivity index (χ4n) is 3.01. The monoisotopic (exact) mass is 400 g/mol.